The van der Waals surface area contributed by atoms with Gasteiger partial charge in [-0.05, 0) is 28.8 Å². The number of carbonyl (C=O) groups is 2. The van der Waals surface area contributed by atoms with E-state index in [0.717, 1.165) is 10.8 Å². The van der Waals surface area contributed by atoms with Gasteiger partial charge in [-0.1, -0.05) is 37.3 Å². The van der Waals surface area contributed by atoms with Crippen molar-refractivity contribution in [3.05, 3.63) is 48.0 Å². The van der Waals surface area contributed by atoms with E-state index in [9.17, 15) is 9.59 Å². The van der Waals surface area contributed by atoms with E-state index in [2.05, 4.69) is 5.32 Å². The lowest BCUT2D eigenvalue weighted by Gasteiger charge is -2.20. The molecule has 0 aromatic heterocycles. The van der Waals surface area contributed by atoms with Crippen LogP contribution in [-0.4, -0.2) is 17.9 Å². The van der Waals surface area contributed by atoms with Crippen LogP contribution in [0.2, 0.25) is 0 Å². The summed E-state index contributed by atoms with van der Waals surface area (Å²) < 4.78 is 0. The van der Waals surface area contributed by atoms with Crippen LogP contribution in [-0.2, 0) is 4.79 Å². The monoisotopic (exact) mass is 295 g/mol. The maximum absolute atomic E-state index is 12.3. The van der Waals surface area contributed by atoms with Crippen LogP contribution in [0.15, 0.2) is 42.5 Å². The molecular formula is C17H17N3O2. The summed E-state index contributed by atoms with van der Waals surface area (Å²) in [4.78, 5) is 23.8. The van der Waals surface area contributed by atoms with Crippen molar-refractivity contribution in [1.29, 1.82) is 5.26 Å². The molecule has 5 heteroatoms. The number of primary amides is 1. The van der Waals surface area contributed by atoms with E-state index in [0.29, 0.717) is 5.56 Å². The molecule has 3 N–H and O–H groups in total. The summed E-state index contributed by atoms with van der Waals surface area (Å²) in [5, 5.41) is 13.3. The van der Waals surface area contributed by atoms with Crippen molar-refractivity contribution in [3.63, 3.8) is 0 Å². The highest BCUT2D eigenvalue weighted by atomic mass is 16.2. The molecule has 0 radical (unpaired) electrons. The molecule has 22 heavy (non-hydrogen) atoms. The van der Waals surface area contributed by atoms with Gasteiger partial charge in [-0.2, -0.15) is 5.26 Å². The first kappa shape index (κ1) is 15.5. The number of benzene rings is 2. The average Bonchev–Trinajstić information content (AvgIpc) is 2.51. The van der Waals surface area contributed by atoms with E-state index in [1.807, 2.05) is 36.4 Å². The highest BCUT2D eigenvalue weighted by Crippen LogP contribution is 2.16. The summed E-state index contributed by atoms with van der Waals surface area (Å²) in [6.07, 6.45) is 0.144. The smallest absolute Gasteiger partial charge is 0.251 e. The van der Waals surface area contributed by atoms with Gasteiger partial charge in [0.2, 0.25) is 5.91 Å². The number of carbonyl (C=O) groups excluding carboxylic acids is 2. The molecule has 0 aliphatic carbocycles. The zero-order valence-corrected chi connectivity index (χ0v) is 12.2. The fourth-order valence-corrected chi connectivity index (χ4v) is 2.31. The van der Waals surface area contributed by atoms with Crippen molar-refractivity contribution in [1.82, 2.24) is 5.32 Å². The van der Waals surface area contributed by atoms with Crippen LogP contribution in [0.25, 0.3) is 10.8 Å². The number of nitrogens with two attached hydrogens (primary N) is 1. The van der Waals surface area contributed by atoms with E-state index in [1.54, 1.807) is 19.1 Å². The lowest BCUT2D eigenvalue weighted by Crippen LogP contribution is -2.48. The lowest BCUT2D eigenvalue weighted by atomic mass is 9.97. The Kier molecular flexibility index (Phi) is 4.74. The molecule has 0 bridgehead atoms. The summed E-state index contributed by atoms with van der Waals surface area (Å²) in [5.41, 5.74) is 5.77. The van der Waals surface area contributed by atoms with Crippen LogP contribution in [0.4, 0.5) is 0 Å². The Labute approximate surface area is 128 Å². The second-order valence-corrected chi connectivity index (χ2v) is 5.25. The van der Waals surface area contributed by atoms with E-state index < -0.39 is 11.9 Å². The minimum Gasteiger partial charge on any atom is -0.368 e. The third-order valence-corrected chi connectivity index (χ3v) is 3.59. The molecular weight excluding hydrogens is 278 g/mol. The van der Waals surface area contributed by atoms with Crippen molar-refractivity contribution >= 4 is 22.6 Å². The Bertz CT molecular complexity index is 749. The maximum Gasteiger partial charge on any atom is 0.251 e. The summed E-state index contributed by atoms with van der Waals surface area (Å²) in [5.74, 6) is -1.36. The number of nitrogens with one attached hydrogen (secondary N) is 1. The summed E-state index contributed by atoms with van der Waals surface area (Å²) in [7, 11) is 0. The molecule has 2 rings (SSSR count). The first-order valence-electron chi connectivity index (χ1n) is 6.99. The van der Waals surface area contributed by atoms with Gasteiger partial charge >= 0.3 is 0 Å². The number of hydrogen-bond acceptors (Lipinski definition) is 3. The minimum absolute atomic E-state index is 0.144. The molecule has 0 fully saturated rings. The number of nitrogens with zero attached hydrogens (tertiary/aromatic N) is 1. The molecule has 2 aromatic rings. The fraction of sp³-hybridized carbons (Fsp3) is 0.235. The molecule has 2 amide bonds. The van der Waals surface area contributed by atoms with Gasteiger partial charge in [0.1, 0.15) is 6.04 Å². The maximum atomic E-state index is 12.3. The highest BCUT2D eigenvalue weighted by Gasteiger charge is 2.25. The van der Waals surface area contributed by atoms with Gasteiger partial charge in [0.15, 0.2) is 0 Å². The molecule has 0 spiro atoms. The van der Waals surface area contributed by atoms with Gasteiger partial charge in [-0.3, -0.25) is 9.59 Å². The zero-order chi connectivity index (χ0) is 16.1. The normalized spacial score (nSPS) is 13.1. The molecule has 0 aliphatic heterocycles. The van der Waals surface area contributed by atoms with Crippen LogP contribution in [0, 0.1) is 17.2 Å². The molecule has 0 saturated carbocycles. The average molecular weight is 295 g/mol. The third kappa shape index (κ3) is 3.41. The lowest BCUT2D eigenvalue weighted by molar-refractivity contribution is -0.120. The Balaban J connectivity index is 2.21. The number of fused-ring (bicyclic) bond motifs is 1. The van der Waals surface area contributed by atoms with Gasteiger partial charge in [-0.25, -0.2) is 0 Å². The van der Waals surface area contributed by atoms with E-state index in [-0.39, 0.29) is 18.2 Å². The van der Waals surface area contributed by atoms with Crippen molar-refractivity contribution in [3.8, 4) is 6.07 Å². The fourth-order valence-electron chi connectivity index (χ4n) is 2.31. The molecule has 5 nitrogen and oxygen atoms in total. The molecule has 2 atom stereocenters. The Morgan fingerprint density at radius 3 is 2.55 bits per heavy atom. The predicted octanol–water partition coefficient (Wildman–Crippen LogP) is 1.97. The van der Waals surface area contributed by atoms with Gasteiger partial charge in [0.05, 0.1) is 6.07 Å². The Morgan fingerprint density at radius 1 is 1.23 bits per heavy atom. The summed E-state index contributed by atoms with van der Waals surface area (Å²) in [6.45, 7) is 1.71. The number of rotatable bonds is 5. The molecule has 0 heterocycles. The van der Waals surface area contributed by atoms with Gasteiger partial charge in [0, 0.05) is 12.0 Å². The van der Waals surface area contributed by atoms with Crippen LogP contribution in [0.5, 0.6) is 0 Å². The third-order valence-electron chi connectivity index (χ3n) is 3.59. The van der Waals surface area contributed by atoms with Crippen LogP contribution in [0.3, 0.4) is 0 Å². The quantitative estimate of drug-likeness (QED) is 0.882. The van der Waals surface area contributed by atoms with Crippen molar-refractivity contribution in [2.45, 2.75) is 19.4 Å². The second-order valence-electron chi connectivity index (χ2n) is 5.25. The SMILES string of the molecule is C[C@H](CC#N)[C@@H](NC(=O)c1ccc2ccccc2c1)C(N)=O. The summed E-state index contributed by atoms with van der Waals surface area (Å²) >= 11 is 0. The molecule has 0 unspecified atom stereocenters. The van der Waals surface area contributed by atoms with E-state index >= 15 is 0 Å². The number of amides is 2. The van der Waals surface area contributed by atoms with Crippen LogP contribution >= 0.6 is 0 Å². The zero-order valence-electron chi connectivity index (χ0n) is 12.2. The Morgan fingerprint density at radius 2 is 1.91 bits per heavy atom. The standard InChI is InChI=1S/C17H17N3O2/c1-11(8-9-18)15(16(19)21)20-17(22)14-7-6-12-4-2-3-5-13(12)10-14/h2-7,10-11,15H,8H2,1H3,(H2,19,21)(H,20,22)/t11-,15-/m1/s1. The molecule has 0 saturated heterocycles. The van der Waals surface area contributed by atoms with Crippen LogP contribution < -0.4 is 11.1 Å². The van der Waals surface area contributed by atoms with E-state index in [4.69, 9.17) is 11.0 Å². The largest absolute Gasteiger partial charge is 0.368 e. The van der Waals surface area contributed by atoms with Crippen molar-refractivity contribution in [2.75, 3.05) is 0 Å². The number of hydrogen-bond donors (Lipinski definition) is 2. The van der Waals surface area contributed by atoms with Gasteiger partial charge in [-0.15, -0.1) is 0 Å². The molecule has 0 aliphatic rings. The van der Waals surface area contributed by atoms with Gasteiger partial charge in [0.25, 0.3) is 5.91 Å². The molecule has 112 valence electrons. The Hall–Kier alpha value is -2.87. The van der Waals surface area contributed by atoms with E-state index in [1.165, 1.54) is 0 Å². The van der Waals surface area contributed by atoms with Crippen LogP contribution in [0.1, 0.15) is 23.7 Å². The molecule has 2 aromatic carbocycles. The topological polar surface area (TPSA) is 96.0 Å². The minimum atomic E-state index is -0.862. The van der Waals surface area contributed by atoms with Gasteiger partial charge < -0.3 is 11.1 Å². The van der Waals surface area contributed by atoms with Crippen molar-refractivity contribution in [2.24, 2.45) is 11.7 Å². The highest BCUT2D eigenvalue weighted by molar-refractivity contribution is 6.00. The predicted molar refractivity (Wildman–Crippen MR) is 83.8 cm³/mol. The first-order valence-corrected chi connectivity index (χ1v) is 6.99. The first-order chi connectivity index (χ1) is 10.5. The van der Waals surface area contributed by atoms with Crippen molar-refractivity contribution < 1.29 is 9.59 Å². The summed E-state index contributed by atoms with van der Waals surface area (Å²) in [6, 6.07) is 14.1. The number of nitriles is 1. The second kappa shape index (κ2) is 6.72.